The molecule has 2 heterocycles. The number of aliphatic hydroxyl groups is 6. The Bertz CT molecular complexity index is 1120. The van der Waals surface area contributed by atoms with Gasteiger partial charge in [-0.25, -0.2) is 0 Å². The van der Waals surface area contributed by atoms with Crippen LogP contribution < -0.4 is 23.7 Å². The average Bonchev–Trinajstić information content (AvgIpc) is 2.95. The molecule has 6 N–H and O–H groups in total. The lowest BCUT2D eigenvalue weighted by atomic mass is 9.99. The third-order valence-corrected chi connectivity index (χ3v) is 6.33. The highest BCUT2D eigenvalue weighted by Gasteiger charge is 2.45. The fourth-order valence-electron chi connectivity index (χ4n) is 4.33. The number of ether oxygens (including phenoxy) is 6. The third-order valence-electron chi connectivity index (χ3n) is 6.33. The summed E-state index contributed by atoms with van der Waals surface area (Å²) < 4.78 is 34.3. The van der Waals surface area contributed by atoms with Gasteiger partial charge in [-0.15, -0.1) is 0 Å². The van der Waals surface area contributed by atoms with E-state index in [1.165, 1.54) is 20.3 Å². The van der Waals surface area contributed by atoms with Crippen LogP contribution >= 0.6 is 0 Å². The zero-order chi connectivity index (χ0) is 27.4. The number of hydrogen-bond donors (Lipinski definition) is 6. The Morgan fingerprint density at radius 3 is 2.21 bits per heavy atom. The van der Waals surface area contributed by atoms with Crippen LogP contribution in [0.2, 0.25) is 0 Å². The fourth-order valence-corrected chi connectivity index (χ4v) is 4.33. The SMILES string of the molecule is COc1cc([C@H]2Oc3cc(/C=C/CO)cc(OC)c3O[C@@H]2CO)ccc1O[C@@H]1O[C@H](CO)[C@@H](O)[C@H](O)[C@H]1O. The minimum absolute atomic E-state index is 0.136. The number of hydrogen-bond acceptors (Lipinski definition) is 12. The summed E-state index contributed by atoms with van der Waals surface area (Å²) in [6.07, 6.45) is -5.51. The second-order valence-corrected chi connectivity index (χ2v) is 8.74. The van der Waals surface area contributed by atoms with Crippen LogP contribution in [-0.4, -0.2) is 101 Å². The van der Waals surface area contributed by atoms with Crippen molar-refractivity contribution in [3.8, 4) is 28.7 Å². The molecule has 0 amide bonds. The molecule has 0 saturated carbocycles. The van der Waals surface area contributed by atoms with E-state index < -0.39 is 49.5 Å². The van der Waals surface area contributed by atoms with Crippen molar-refractivity contribution < 1.29 is 59.1 Å². The molecule has 38 heavy (non-hydrogen) atoms. The molecule has 0 aromatic heterocycles. The van der Waals surface area contributed by atoms with E-state index in [-0.39, 0.29) is 24.7 Å². The Kier molecular flexibility index (Phi) is 8.95. The Hall–Kier alpha value is -3.10. The van der Waals surface area contributed by atoms with Crippen molar-refractivity contribution in [3.63, 3.8) is 0 Å². The van der Waals surface area contributed by atoms with E-state index in [0.717, 1.165) is 0 Å². The zero-order valence-corrected chi connectivity index (χ0v) is 20.8. The summed E-state index contributed by atoms with van der Waals surface area (Å²) in [6, 6.07) is 8.23. The lowest BCUT2D eigenvalue weighted by Gasteiger charge is -2.39. The van der Waals surface area contributed by atoms with Gasteiger partial charge in [0.15, 0.2) is 35.2 Å². The topological polar surface area (TPSA) is 177 Å². The molecule has 0 radical (unpaired) electrons. The van der Waals surface area contributed by atoms with Crippen LogP contribution in [0.25, 0.3) is 6.08 Å². The van der Waals surface area contributed by atoms with Gasteiger partial charge >= 0.3 is 0 Å². The van der Waals surface area contributed by atoms with Gasteiger partial charge in [-0.05, 0) is 29.8 Å². The minimum Gasteiger partial charge on any atom is -0.493 e. The molecule has 2 aromatic rings. The van der Waals surface area contributed by atoms with Crippen molar-refractivity contribution in [2.24, 2.45) is 0 Å². The van der Waals surface area contributed by atoms with Gasteiger partial charge in [0.2, 0.25) is 12.0 Å². The van der Waals surface area contributed by atoms with Crippen LogP contribution in [-0.2, 0) is 4.74 Å². The van der Waals surface area contributed by atoms with Gasteiger partial charge in [-0.3, -0.25) is 0 Å². The van der Waals surface area contributed by atoms with Crippen LogP contribution in [0.4, 0.5) is 0 Å². The van der Waals surface area contributed by atoms with E-state index in [2.05, 4.69) is 0 Å². The highest BCUT2D eigenvalue weighted by atomic mass is 16.7. The van der Waals surface area contributed by atoms with Crippen LogP contribution in [0.1, 0.15) is 17.2 Å². The Labute approximate surface area is 218 Å². The van der Waals surface area contributed by atoms with Gasteiger partial charge in [-0.1, -0.05) is 18.2 Å². The van der Waals surface area contributed by atoms with Gasteiger partial charge in [0, 0.05) is 5.56 Å². The maximum absolute atomic E-state index is 10.3. The highest BCUT2D eigenvalue weighted by Crippen LogP contribution is 2.47. The Morgan fingerprint density at radius 2 is 1.55 bits per heavy atom. The number of fused-ring (bicyclic) bond motifs is 1. The maximum atomic E-state index is 10.3. The first-order valence-electron chi connectivity index (χ1n) is 11.9. The summed E-state index contributed by atoms with van der Waals surface area (Å²) in [5, 5.41) is 58.9. The molecule has 2 aliphatic heterocycles. The molecule has 0 spiro atoms. The van der Waals surface area contributed by atoms with Crippen LogP contribution in [0.3, 0.4) is 0 Å². The smallest absolute Gasteiger partial charge is 0.229 e. The molecule has 208 valence electrons. The van der Waals surface area contributed by atoms with Crippen LogP contribution in [0.5, 0.6) is 28.7 Å². The number of methoxy groups -OCH3 is 2. The quantitative estimate of drug-likeness (QED) is 0.248. The molecule has 1 saturated heterocycles. The van der Waals surface area contributed by atoms with Crippen LogP contribution in [0.15, 0.2) is 36.4 Å². The average molecular weight is 537 g/mol. The molecular weight excluding hydrogens is 504 g/mol. The predicted molar refractivity (Wildman–Crippen MR) is 131 cm³/mol. The van der Waals surface area contributed by atoms with Gasteiger partial charge < -0.3 is 59.1 Å². The highest BCUT2D eigenvalue weighted by molar-refractivity contribution is 5.63. The maximum Gasteiger partial charge on any atom is 0.229 e. The van der Waals surface area contributed by atoms with Crippen molar-refractivity contribution in [1.29, 1.82) is 0 Å². The monoisotopic (exact) mass is 536 g/mol. The van der Waals surface area contributed by atoms with Gasteiger partial charge in [0.1, 0.15) is 24.4 Å². The molecule has 2 aliphatic rings. The zero-order valence-electron chi connectivity index (χ0n) is 20.8. The molecule has 2 aromatic carbocycles. The molecule has 0 aliphatic carbocycles. The van der Waals surface area contributed by atoms with E-state index in [9.17, 15) is 25.5 Å². The first kappa shape index (κ1) is 27.9. The van der Waals surface area contributed by atoms with Gasteiger partial charge in [0.25, 0.3) is 0 Å². The molecule has 1 fully saturated rings. The molecule has 7 atom stereocenters. The van der Waals surface area contributed by atoms with Gasteiger partial charge in [0.05, 0.1) is 34.0 Å². The first-order valence-corrected chi connectivity index (χ1v) is 11.9. The third kappa shape index (κ3) is 5.52. The molecule has 0 bridgehead atoms. The van der Waals surface area contributed by atoms with E-state index in [0.29, 0.717) is 28.4 Å². The summed E-state index contributed by atoms with van der Waals surface area (Å²) >= 11 is 0. The van der Waals surface area contributed by atoms with E-state index in [1.54, 1.807) is 36.4 Å². The molecule has 4 rings (SSSR count). The number of aliphatic hydroxyl groups excluding tert-OH is 6. The van der Waals surface area contributed by atoms with Crippen LogP contribution in [0, 0.1) is 0 Å². The number of rotatable bonds is 9. The predicted octanol–water partition coefficient (Wildman–Crippen LogP) is -0.239. The van der Waals surface area contributed by atoms with E-state index >= 15 is 0 Å². The molecule has 12 heteroatoms. The fraction of sp³-hybridized carbons (Fsp3) is 0.462. The van der Waals surface area contributed by atoms with Gasteiger partial charge in [-0.2, -0.15) is 0 Å². The molecule has 12 nitrogen and oxygen atoms in total. The first-order chi connectivity index (χ1) is 18.3. The summed E-state index contributed by atoms with van der Waals surface area (Å²) in [5.74, 6) is 1.48. The Morgan fingerprint density at radius 1 is 0.816 bits per heavy atom. The Balaban J connectivity index is 1.61. The summed E-state index contributed by atoms with van der Waals surface area (Å²) in [6.45, 7) is -1.10. The standard InChI is InChI=1S/C26H32O12/c1-33-16-10-14(5-6-15(16)37-26-23(32)22(31)21(30)19(11-28)38-26)24-20(12-29)36-25-17(34-2)8-13(4-3-7-27)9-18(25)35-24/h3-6,8-10,19-24,26-32H,7,11-12H2,1-2H3/b4-3+/t19-,20-,21-,22+,23-,24-,26-/m1/s1. The summed E-state index contributed by atoms with van der Waals surface area (Å²) in [7, 11) is 2.89. The largest absolute Gasteiger partial charge is 0.493 e. The molecular formula is C26H32O12. The van der Waals surface area contributed by atoms with Crippen molar-refractivity contribution in [2.75, 3.05) is 34.0 Å². The normalized spacial score (nSPS) is 28.8. The van der Waals surface area contributed by atoms with E-state index in [1.807, 2.05) is 0 Å². The lowest BCUT2D eigenvalue weighted by Crippen LogP contribution is -2.60. The molecule has 0 unspecified atom stereocenters. The van der Waals surface area contributed by atoms with Crippen molar-refractivity contribution in [3.05, 3.63) is 47.5 Å². The second-order valence-electron chi connectivity index (χ2n) is 8.74. The van der Waals surface area contributed by atoms with E-state index in [4.69, 9.17) is 33.5 Å². The number of benzene rings is 2. The lowest BCUT2D eigenvalue weighted by molar-refractivity contribution is -0.277. The minimum atomic E-state index is -1.59. The second kappa shape index (κ2) is 12.2. The van der Waals surface area contributed by atoms with Crippen molar-refractivity contribution in [2.45, 2.75) is 42.9 Å². The van der Waals surface area contributed by atoms with Crippen molar-refractivity contribution >= 4 is 6.08 Å². The van der Waals surface area contributed by atoms with Crippen molar-refractivity contribution in [1.82, 2.24) is 0 Å². The summed E-state index contributed by atoms with van der Waals surface area (Å²) in [5.41, 5.74) is 1.28. The summed E-state index contributed by atoms with van der Waals surface area (Å²) in [4.78, 5) is 0.